The van der Waals surface area contributed by atoms with E-state index in [9.17, 15) is 0 Å². The molecule has 1 nitrogen and oxygen atoms in total. The van der Waals surface area contributed by atoms with Gasteiger partial charge < -0.3 is 4.90 Å². The third-order valence-electron chi connectivity index (χ3n) is 3.06. The van der Waals surface area contributed by atoms with Gasteiger partial charge in [0.25, 0.3) is 0 Å². The molecule has 1 aromatic carbocycles. The SMILES string of the molecule is Cc1ccc(CC2=CCN(C)CC2)cc1. The van der Waals surface area contributed by atoms with Crippen molar-refractivity contribution in [3.8, 4) is 0 Å². The number of nitrogens with zero attached hydrogens (tertiary/aromatic N) is 1. The van der Waals surface area contributed by atoms with Gasteiger partial charge in [0, 0.05) is 13.1 Å². The molecule has 1 aliphatic heterocycles. The quantitative estimate of drug-likeness (QED) is 0.665. The van der Waals surface area contributed by atoms with Crippen molar-refractivity contribution in [2.45, 2.75) is 19.8 Å². The van der Waals surface area contributed by atoms with E-state index >= 15 is 0 Å². The molecule has 0 amide bonds. The van der Waals surface area contributed by atoms with E-state index in [-0.39, 0.29) is 0 Å². The number of rotatable bonds is 2. The Kier molecular flexibility index (Phi) is 3.22. The number of hydrogen-bond donors (Lipinski definition) is 0. The molecular weight excluding hydrogens is 182 g/mol. The van der Waals surface area contributed by atoms with E-state index in [0.717, 1.165) is 13.0 Å². The summed E-state index contributed by atoms with van der Waals surface area (Å²) < 4.78 is 0. The van der Waals surface area contributed by atoms with E-state index in [1.165, 1.54) is 24.1 Å². The van der Waals surface area contributed by atoms with Crippen LogP contribution in [0, 0.1) is 6.92 Å². The predicted molar refractivity (Wildman–Crippen MR) is 65.1 cm³/mol. The van der Waals surface area contributed by atoms with Crippen molar-refractivity contribution in [3.05, 3.63) is 47.0 Å². The van der Waals surface area contributed by atoms with Gasteiger partial charge in [-0.2, -0.15) is 0 Å². The molecule has 0 spiro atoms. The average molecular weight is 201 g/mol. The highest BCUT2D eigenvalue weighted by Crippen LogP contribution is 2.15. The summed E-state index contributed by atoms with van der Waals surface area (Å²) in [6.07, 6.45) is 4.74. The first-order chi connectivity index (χ1) is 7.24. The van der Waals surface area contributed by atoms with Gasteiger partial charge in [-0.05, 0) is 32.4 Å². The van der Waals surface area contributed by atoms with Crippen LogP contribution in [0.5, 0.6) is 0 Å². The van der Waals surface area contributed by atoms with Crippen molar-refractivity contribution in [2.75, 3.05) is 20.1 Å². The molecule has 0 saturated heterocycles. The van der Waals surface area contributed by atoms with Crippen molar-refractivity contribution >= 4 is 0 Å². The summed E-state index contributed by atoms with van der Waals surface area (Å²) in [5.41, 5.74) is 4.38. The minimum atomic E-state index is 1.11. The van der Waals surface area contributed by atoms with Crippen LogP contribution in [0.1, 0.15) is 17.5 Å². The summed E-state index contributed by atoms with van der Waals surface area (Å²) in [5.74, 6) is 0. The predicted octanol–water partition coefficient (Wildman–Crippen LogP) is 2.80. The van der Waals surface area contributed by atoms with Gasteiger partial charge in [-0.1, -0.05) is 41.5 Å². The molecule has 80 valence electrons. The van der Waals surface area contributed by atoms with E-state index < -0.39 is 0 Å². The number of aryl methyl sites for hydroxylation is 1. The molecule has 1 aromatic rings. The standard InChI is InChI=1S/C14H19N/c1-12-3-5-13(6-4-12)11-14-7-9-15(2)10-8-14/h3-7H,8-11H2,1-2H3. The maximum atomic E-state index is 2.38. The molecule has 15 heavy (non-hydrogen) atoms. The lowest BCUT2D eigenvalue weighted by molar-refractivity contribution is 0.357. The topological polar surface area (TPSA) is 3.24 Å². The fourth-order valence-corrected chi connectivity index (χ4v) is 1.94. The van der Waals surface area contributed by atoms with E-state index in [1.54, 1.807) is 5.57 Å². The second kappa shape index (κ2) is 4.63. The minimum absolute atomic E-state index is 1.11. The van der Waals surface area contributed by atoms with E-state index in [1.807, 2.05) is 0 Å². The minimum Gasteiger partial charge on any atom is -0.302 e. The molecule has 0 aromatic heterocycles. The van der Waals surface area contributed by atoms with Crippen LogP contribution < -0.4 is 0 Å². The first kappa shape index (κ1) is 10.4. The molecule has 0 radical (unpaired) electrons. The Balaban J connectivity index is 2.00. The molecule has 1 heteroatoms. The Hall–Kier alpha value is -1.08. The lowest BCUT2D eigenvalue weighted by atomic mass is 9.99. The molecule has 2 rings (SSSR count). The fraction of sp³-hybridized carbons (Fsp3) is 0.429. The van der Waals surface area contributed by atoms with Crippen LogP contribution in [0.25, 0.3) is 0 Å². The van der Waals surface area contributed by atoms with Gasteiger partial charge in [-0.25, -0.2) is 0 Å². The summed E-state index contributed by atoms with van der Waals surface area (Å²) >= 11 is 0. The molecule has 0 atom stereocenters. The van der Waals surface area contributed by atoms with Crippen LogP contribution in [-0.2, 0) is 6.42 Å². The first-order valence-corrected chi connectivity index (χ1v) is 5.66. The third-order valence-corrected chi connectivity index (χ3v) is 3.06. The average Bonchev–Trinajstić information content (AvgIpc) is 2.25. The van der Waals surface area contributed by atoms with Crippen molar-refractivity contribution in [3.63, 3.8) is 0 Å². The smallest absolute Gasteiger partial charge is 0.0163 e. The van der Waals surface area contributed by atoms with Crippen LogP contribution in [0.15, 0.2) is 35.9 Å². The van der Waals surface area contributed by atoms with Gasteiger partial charge in [-0.15, -0.1) is 0 Å². The second-order valence-electron chi connectivity index (χ2n) is 4.54. The highest BCUT2D eigenvalue weighted by atomic mass is 15.1. The van der Waals surface area contributed by atoms with E-state index in [2.05, 4.69) is 49.2 Å². The molecular formula is C14H19N. The third kappa shape index (κ3) is 2.93. The summed E-state index contributed by atoms with van der Waals surface area (Å²) in [5, 5.41) is 0. The van der Waals surface area contributed by atoms with Gasteiger partial charge in [0.2, 0.25) is 0 Å². The Labute approximate surface area is 92.4 Å². The summed E-state index contributed by atoms with van der Waals surface area (Å²) in [7, 11) is 2.18. The molecule has 1 heterocycles. The lowest BCUT2D eigenvalue weighted by Crippen LogP contribution is -2.24. The van der Waals surface area contributed by atoms with Crippen LogP contribution in [-0.4, -0.2) is 25.0 Å². The van der Waals surface area contributed by atoms with Crippen molar-refractivity contribution in [2.24, 2.45) is 0 Å². The fourth-order valence-electron chi connectivity index (χ4n) is 1.94. The molecule has 1 aliphatic rings. The van der Waals surface area contributed by atoms with Gasteiger partial charge >= 0.3 is 0 Å². The Morgan fingerprint density at radius 3 is 2.53 bits per heavy atom. The normalized spacial score (nSPS) is 17.6. The molecule has 0 saturated carbocycles. The van der Waals surface area contributed by atoms with Crippen LogP contribution in [0.2, 0.25) is 0 Å². The van der Waals surface area contributed by atoms with Gasteiger partial charge in [-0.3, -0.25) is 0 Å². The van der Waals surface area contributed by atoms with Gasteiger partial charge in [0.15, 0.2) is 0 Å². The Morgan fingerprint density at radius 1 is 1.20 bits per heavy atom. The lowest BCUT2D eigenvalue weighted by Gasteiger charge is -2.21. The van der Waals surface area contributed by atoms with E-state index in [4.69, 9.17) is 0 Å². The molecule has 0 aliphatic carbocycles. The Morgan fingerprint density at radius 2 is 1.93 bits per heavy atom. The number of benzene rings is 1. The molecule has 0 bridgehead atoms. The largest absolute Gasteiger partial charge is 0.302 e. The maximum absolute atomic E-state index is 2.38. The zero-order valence-corrected chi connectivity index (χ0v) is 9.66. The number of hydrogen-bond acceptors (Lipinski definition) is 1. The van der Waals surface area contributed by atoms with Gasteiger partial charge in [0.1, 0.15) is 0 Å². The van der Waals surface area contributed by atoms with Gasteiger partial charge in [0.05, 0.1) is 0 Å². The molecule has 0 N–H and O–H groups in total. The van der Waals surface area contributed by atoms with Crippen molar-refractivity contribution < 1.29 is 0 Å². The number of likely N-dealkylation sites (N-methyl/N-ethyl adjacent to an activating group) is 1. The van der Waals surface area contributed by atoms with E-state index in [0.29, 0.717) is 0 Å². The second-order valence-corrected chi connectivity index (χ2v) is 4.54. The van der Waals surface area contributed by atoms with Crippen LogP contribution in [0.3, 0.4) is 0 Å². The summed E-state index contributed by atoms with van der Waals surface area (Å²) in [6.45, 7) is 4.46. The van der Waals surface area contributed by atoms with Crippen LogP contribution in [0.4, 0.5) is 0 Å². The monoisotopic (exact) mass is 201 g/mol. The maximum Gasteiger partial charge on any atom is 0.0163 e. The molecule has 0 fully saturated rings. The van der Waals surface area contributed by atoms with Crippen molar-refractivity contribution in [1.82, 2.24) is 4.90 Å². The highest BCUT2D eigenvalue weighted by molar-refractivity contribution is 5.26. The highest BCUT2D eigenvalue weighted by Gasteiger charge is 2.07. The zero-order valence-electron chi connectivity index (χ0n) is 9.66. The summed E-state index contributed by atoms with van der Waals surface area (Å²) in [6, 6.07) is 8.89. The first-order valence-electron chi connectivity index (χ1n) is 5.66. The zero-order chi connectivity index (χ0) is 10.7. The van der Waals surface area contributed by atoms with Crippen LogP contribution >= 0.6 is 0 Å². The van der Waals surface area contributed by atoms with Crippen molar-refractivity contribution in [1.29, 1.82) is 0 Å². The summed E-state index contributed by atoms with van der Waals surface area (Å²) in [4.78, 5) is 2.36. The Bertz CT molecular complexity index is 348. The molecule has 0 unspecified atom stereocenters.